The van der Waals surface area contributed by atoms with E-state index in [-0.39, 0.29) is 17.9 Å². The molecule has 0 radical (unpaired) electrons. The van der Waals surface area contributed by atoms with Gasteiger partial charge >= 0.3 is 5.97 Å². The van der Waals surface area contributed by atoms with Crippen LogP contribution in [0.4, 0.5) is 0 Å². The number of esters is 1. The van der Waals surface area contributed by atoms with E-state index in [2.05, 4.69) is 16.9 Å². The number of fused-ring (bicyclic) bond motifs is 1. The molecular formula is C21H23N3O4. The zero-order valence-electron chi connectivity index (χ0n) is 16.0. The Morgan fingerprint density at radius 3 is 3.14 bits per heavy atom. The van der Waals surface area contributed by atoms with Crippen LogP contribution in [0.1, 0.15) is 32.3 Å². The lowest BCUT2D eigenvalue weighted by molar-refractivity contribution is -0.139. The van der Waals surface area contributed by atoms with Gasteiger partial charge in [0, 0.05) is 36.4 Å². The monoisotopic (exact) mass is 381 g/mol. The molecule has 4 rings (SSSR count). The summed E-state index contributed by atoms with van der Waals surface area (Å²) in [7, 11) is 0. The first-order valence-corrected chi connectivity index (χ1v) is 9.61. The van der Waals surface area contributed by atoms with Crippen molar-refractivity contribution >= 4 is 28.9 Å². The summed E-state index contributed by atoms with van der Waals surface area (Å²) in [6.07, 6.45) is 7.24. The van der Waals surface area contributed by atoms with E-state index in [4.69, 9.17) is 9.47 Å². The molecular weight excluding hydrogens is 358 g/mol. The van der Waals surface area contributed by atoms with Gasteiger partial charge in [-0.2, -0.15) is 0 Å². The number of Topliss-reactive ketones (excluding diaryl/α,β-unsaturated/α-hetero) is 1. The van der Waals surface area contributed by atoms with Crippen LogP contribution in [-0.4, -0.2) is 46.3 Å². The van der Waals surface area contributed by atoms with Gasteiger partial charge in [0.15, 0.2) is 11.3 Å². The molecule has 1 N–H and O–H groups in total. The summed E-state index contributed by atoms with van der Waals surface area (Å²) < 4.78 is 11.1. The van der Waals surface area contributed by atoms with Crippen molar-refractivity contribution in [2.75, 3.05) is 19.7 Å². The van der Waals surface area contributed by atoms with Gasteiger partial charge in [-0.1, -0.05) is 6.92 Å². The Kier molecular flexibility index (Phi) is 4.90. The van der Waals surface area contributed by atoms with E-state index in [9.17, 15) is 9.59 Å². The number of allylic oxidation sites excluding steroid dienone is 1. The first-order valence-electron chi connectivity index (χ1n) is 9.61. The van der Waals surface area contributed by atoms with E-state index >= 15 is 0 Å². The van der Waals surface area contributed by atoms with Crippen LogP contribution in [0.2, 0.25) is 0 Å². The maximum absolute atomic E-state index is 13.0. The lowest BCUT2D eigenvalue weighted by Gasteiger charge is -2.32. The molecule has 2 aromatic rings. The Balaban J connectivity index is 1.71. The fourth-order valence-corrected chi connectivity index (χ4v) is 3.73. The third kappa shape index (κ3) is 3.28. The summed E-state index contributed by atoms with van der Waals surface area (Å²) in [5.74, 6) is -0.161. The molecule has 7 heteroatoms. The van der Waals surface area contributed by atoms with E-state index < -0.39 is 11.8 Å². The number of aromatic nitrogens is 2. The van der Waals surface area contributed by atoms with Gasteiger partial charge in [0.25, 0.3) is 0 Å². The molecule has 7 nitrogen and oxygen atoms in total. The van der Waals surface area contributed by atoms with Gasteiger partial charge in [-0.05, 0) is 43.9 Å². The molecule has 1 atom stereocenters. The number of rotatable bonds is 4. The highest BCUT2D eigenvalue weighted by molar-refractivity contribution is 6.26. The quantitative estimate of drug-likeness (QED) is 0.498. The van der Waals surface area contributed by atoms with Gasteiger partial charge in [-0.25, -0.2) is 9.78 Å². The van der Waals surface area contributed by atoms with Crippen LogP contribution in [0.15, 0.2) is 41.7 Å². The minimum Gasteiger partial charge on any atom is -0.462 e. The topological polar surface area (TPSA) is 84.5 Å². The largest absolute Gasteiger partial charge is 0.462 e. The predicted octanol–water partition coefficient (Wildman–Crippen LogP) is 3.01. The number of pyridine rings is 1. The van der Waals surface area contributed by atoms with Gasteiger partial charge in [0.1, 0.15) is 5.65 Å². The molecule has 4 heterocycles. The number of aromatic amines is 1. The van der Waals surface area contributed by atoms with Crippen molar-refractivity contribution in [2.24, 2.45) is 5.92 Å². The van der Waals surface area contributed by atoms with Crippen molar-refractivity contribution in [3.05, 3.63) is 47.3 Å². The van der Waals surface area contributed by atoms with Crippen LogP contribution in [0, 0.1) is 5.92 Å². The third-order valence-electron chi connectivity index (χ3n) is 5.06. The summed E-state index contributed by atoms with van der Waals surface area (Å²) in [6.45, 7) is 5.57. The smallest absolute Gasteiger partial charge is 0.347 e. The van der Waals surface area contributed by atoms with Crippen LogP contribution in [0.25, 0.3) is 17.1 Å². The van der Waals surface area contributed by atoms with E-state index in [1.54, 1.807) is 25.4 Å². The van der Waals surface area contributed by atoms with Crippen LogP contribution in [0.5, 0.6) is 0 Å². The molecule has 0 spiro atoms. The highest BCUT2D eigenvalue weighted by Gasteiger charge is 2.40. The zero-order valence-corrected chi connectivity index (χ0v) is 16.0. The zero-order chi connectivity index (χ0) is 19.7. The molecule has 1 fully saturated rings. The lowest BCUT2D eigenvalue weighted by atomic mass is 10.00. The number of carbonyl (C=O) groups excluding carboxylic acids is 2. The second-order valence-electron chi connectivity index (χ2n) is 7.18. The maximum atomic E-state index is 13.0. The molecule has 2 aromatic heterocycles. The average molecular weight is 381 g/mol. The Morgan fingerprint density at radius 1 is 1.50 bits per heavy atom. The van der Waals surface area contributed by atoms with Crippen molar-refractivity contribution in [1.82, 2.24) is 14.9 Å². The number of nitrogens with one attached hydrogen (secondary N) is 1. The van der Waals surface area contributed by atoms with Gasteiger partial charge in [-0.3, -0.25) is 4.79 Å². The number of likely N-dealkylation sites (tertiary alicyclic amines) is 1. The molecule has 0 saturated carbocycles. The molecule has 2 aliphatic rings. The van der Waals surface area contributed by atoms with Crippen LogP contribution in [-0.2, 0) is 19.1 Å². The predicted molar refractivity (Wildman–Crippen MR) is 104 cm³/mol. The Hall–Kier alpha value is -3.09. The summed E-state index contributed by atoms with van der Waals surface area (Å²) in [5.41, 5.74) is 1.49. The fraction of sp³-hybridized carbons (Fsp3) is 0.381. The Morgan fingerprint density at radius 2 is 2.36 bits per heavy atom. The molecule has 0 aliphatic carbocycles. The van der Waals surface area contributed by atoms with Gasteiger partial charge in [0.2, 0.25) is 11.7 Å². The van der Waals surface area contributed by atoms with Crippen molar-refractivity contribution in [3.8, 4) is 0 Å². The summed E-state index contributed by atoms with van der Waals surface area (Å²) >= 11 is 0. The molecule has 0 aromatic carbocycles. The van der Waals surface area contributed by atoms with Crippen molar-refractivity contribution < 1.29 is 19.1 Å². The van der Waals surface area contributed by atoms with Crippen LogP contribution < -0.4 is 0 Å². The molecule has 0 amide bonds. The number of nitrogens with zero attached hydrogens (tertiary/aromatic N) is 2. The van der Waals surface area contributed by atoms with Crippen LogP contribution in [0.3, 0.4) is 0 Å². The third-order valence-corrected chi connectivity index (χ3v) is 5.06. The normalized spacial score (nSPS) is 21.5. The van der Waals surface area contributed by atoms with E-state index in [1.807, 2.05) is 17.0 Å². The van der Waals surface area contributed by atoms with Crippen molar-refractivity contribution in [2.45, 2.75) is 26.7 Å². The van der Waals surface area contributed by atoms with E-state index in [0.29, 0.717) is 11.8 Å². The molecule has 1 saturated heterocycles. The van der Waals surface area contributed by atoms with Crippen LogP contribution >= 0.6 is 0 Å². The van der Waals surface area contributed by atoms with Gasteiger partial charge in [-0.15, -0.1) is 0 Å². The maximum Gasteiger partial charge on any atom is 0.347 e. The molecule has 146 valence electrons. The summed E-state index contributed by atoms with van der Waals surface area (Å²) in [5, 5.41) is 0.879. The SMILES string of the molecule is CCOC(=O)C1=C(N2CCCC(C)C2)OC(=Cc2c[nH]c3ncccc23)C1=O. The lowest BCUT2D eigenvalue weighted by Crippen LogP contribution is -2.35. The van der Waals surface area contributed by atoms with Crippen molar-refractivity contribution in [1.29, 1.82) is 0 Å². The minimum atomic E-state index is -0.635. The first-order chi connectivity index (χ1) is 13.6. The highest BCUT2D eigenvalue weighted by atomic mass is 16.5. The number of carbonyl (C=O) groups is 2. The molecule has 28 heavy (non-hydrogen) atoms. The number of ketones is 1. The molecule has 1 unspecified atom stereocenters. The van der Waals surface area contributed by atoms with Gasteiger partial charge < -0.3 is 19.4 Å². The standard InChI is InChI=1S/C21H23N3O4/c1-3-27-21(26)17-18(25)16(28-20(17)24-9-5-6-13(2)12-24)10-14-11-23-19-15(14)7-4-8-22-19/h4,7-8,10-11,13H,3,5-6,9,12H2,1-2H3,(H,22,23). The van der Waals surface area contributed by atoms with Gasteiger partial charge in [0.05, 0.1) is 6.61 Å². The Bertz CT molecular complexity index is 988. The Labute approximate surface area is 163 Å². The molecule has 2 aliphatic heterocycles. The number of hydrogen-bond acceptors (Lipinski definition) is 6. The number of ether oxygens (including phenoxy) is 2. The van der Waals surface area contributed by atoms with E-state index in [1.165, 1.54) is 0 Å². The summed E-state index contributed by atoms with van der Waals surface area (Å²) in [4.78, 5) is 34.8. The number of H-pyrrole nitrogens is 1. The van der Waals surface area contributed by atoms with E-state index in [0.717, 1.165) is 42.5 Å². The highest BCUT2D eigenvalue weighted by Crippen LogP contribution is 2.33. The minimum absolute atomic E-state index is 0.0137. The number of hydrogen-bond donors (Lipinski definition) is 1. The summed E-state index contributed by atoms with van der Waals surface area (Å²) in [6, 6.07) is 3.75. The second-order valence-corrected chi connectivity index (χ2v) is 7.18. The second kappa shape index (κ2) is 7.50. The molecule has 0 bridgehead atoms. The average Bonchev–Trinajstić information content (AvgIpc) is 3.24. The fourth-order valence-electron chi connectivity index (χ4n) is 3.73. The van der Waals surface area contributed by atoms with Crippen molar-refractivity contribution in [3.63, 3.8) is 0 Å². The first kappa shape index (κ1) is 18.3. The number of piperidine rings is 1.